The normalized spacial score (nSPS) is 19.9. The van der Waals surface area contributed by atoms with Crippen molar-refractivity contribution in [3.05, 3.63) is 35.9 Å². The van der Waals surface area contributed by atoms with Crippen LogP contribution in [-0.2, 0) is 0 Å². The Balaban J connectivity index is 1.81. The van der Waals surface area contributed by atoms with Crippen molar-refractivity contribution in [2.24, 2.45) is 0 Å². The third-order valence-corrected chi connectivity index (χ3v) is 3.95. The summed E-state index contributed by atoms with van der Waals surface area (Å²) in [7, 11) is 0. The van der Waals surface area contributed by atoms with E-state index in [1.807, 2.05) is 0 Å². The number of amides is 2. The molecular weight excluding hydrogens is 307 g/mol. The average molecular weight is 329 g/mol. The first-order chi connectivity index (χ1) is 11.0. The van der Waals surface area contributed by atoms with Crippen molar-refractivity contribution in [2.45, 2.75) is 37.4 Å². The quantitative estimate of drug-likeness (QED) is 0.778. The summed E-state index contributed by atoms with van der Waals surface area (Å²) in [6, 6.07) is 7.41. The molecule has 128 valence electrons. The van der Waals surface area contributed by atoms with Crippen LogP contribution in [0.5, 0.6) is 0 Å². The van der Waals surface area contributed by atoms with Crippen molar-refractivity contribution in [1.82, 2.24) is 16.0 Å². The highest BCUT2D eigenvalue weighted by molar-refractivity contribution is 5.74. The van der Waals surface area contributed by atoms with E-state index in [0.717, 1.165) is 19.4 Å². The van der Waals surface area contributed by atoms with Gasteiger partial charge in [-0.05, 0) is 31.4 Å². The molecular formula is C16H22F3N3O. The van der Waals surface area contributed by atoms with Gasteiger partial charge in [0.05, 0.1) is 5.92 Å². The first kappa shape index (κ1) is 17.6. The Bertz CT molecular complexity index is 487. The maximum absolute atomic E-state index is 13.2. The number of benzene rings is 1. The van der Waals surface area contributed by atoms with Crippen LogP contribution in [0.25, 0.3) is 0 Å². The van der Waals surface area contributed by atoms with Gasteiger partial charge >= 0.3 is 12.2 Å². The molecule has 1 aromatic rings. The molecule has 1 aromatic carbocycles. The summed E-state index contributed by atoms with van der Waals surface area (Å²) in [4.78, 5) is 11.7. The van der Waals surface area contributed by atoms with Crippen molar-refractivity contribution >= 4 is 6.03 Å². The Labute approximate surface area is 133 Å². The van der Waals surface area contributed by atoms with Gasteiger partial charge in [0.1, 0.15) is 0 Å². The molecule has 3 N–H and O–H groups in total. The molecule has 1 fully saturated rings. The molecule has 7 heteroatoms. The van der Waals surface area contributed by atoms with Crippen LogP contribution in [-0.4, -0.2) is 37.9 Å². The van der Waals surface area contributed by atoms with Crippen LogP contribution in [0.2, 0.25) is 0 Å². The van der Waals surface area contributed by atoms with E-state index >= 15 is 0 Å². The van der Waals surface area contributed by atoms with Crippen LogP contribution in [0.4, 0.5) is 18.0 Å². The fraction of sp³-hybridized carbons (Fsp3) is 0.562. The summed E-state index contributed by atoms with van der Waals surface area (Å²) in [6.45, 7) is 1.61. The van der Waals surface area contributed by atoms with E-state index in [-0.39, 0.29) is 24.6 Å². The molecule has 1 heterocycles. The monoisotopic (exact) mass is 329 g/mol. The van der Waals surface area contributed by atoms with Gasteiger partial charge in [-0.1, -0.05) is 30.3 Å². The summed E-state index contributed by atoms with van der Waals surface area (Å²) in [6.07, 6.45) is -2.64. The van der Waals surface area contributed by atoms with Crippen molar-refractivity contribution in [3.8, 4) is 0 Å². The summed E-state index contributed by atoms with van der Waals surface area (Å²) in [5.74, 6) is -1.57. The topological polar surface area (TPSA) is 53.2 Å². The van der Waals surface area contributed by atoms with E-state index < -0.39 is 18.1 Å². The number of nitrogens with one attached hydrogen (secondary N) is 3. The minimum Gasteiger partial charge on any atom is -0.338 e. The van der Waals surface area contributed by atoms with Gasteiger partial charge in [-0.15, -0.1) is 0 Å². The molecule has 2 rings (SSSR count). The molecule has 4 nitrogen and oxygen atoms in total. The summed E-state index contributed by atoms with van der Waals surface area (Å²) >= 11 is 0. The van der Waals surface area contributed by atoms with E-state index in [4.69, 9.17) is 0 Å². The van der Waals surface area contributed by atoms with Crippen LogP contribution in [0.1, 0.15) is 30.7 Å². The Hall–Kier alpha value is -1.76. The smallest absolute Gasteiger partial charge is 0.338 e. The van der Waals surface area contributed by atoms with Crippen LogP contribution in [0.15, 0.2) is 30.3 Å². The number of hydrogen-bond donors (Lipinski definition) is 3. The lowest BCUT2D eigenvalue weighted by atomic mass is 9.95. The van der Waals surface area contributed by atoms with Crippen molar-refractivity contribution < 1.29 is 18.0 Å². The Kier molecular flexibility index (Phi) is 6.27. The molecule has 23 heavy (non-hydrogen) atoms. The molecule has 0 radical (unpaired) electrons. The van der Waals surface area contributed by atoms with E-state index in [1.54, 1.807) is 18.2 Å². The highest BCUT2D eigenvalue weighted by Gasteiger charge is 2.40. The zero-order valence-electron chi connectivity index (χ0n) is 12.8. The number of carbonyl (C=O) groups excluding carboxylic acids is 1. The van der Waals surface area contributed by atoms with Crippen molar-refractivity contribution in [1.29, 1.82) is 0 Å². The molecule has 1 aliphatic rings. The number of rotatable bonds is 5. The summed E-state index contributed by atoms with van der Waals surface area (Å²) < 4.78 is 39.5. The first-order valence-electron chi connectivity index (χ1n) is 7.83. The minimum absolute atomic E-state index is 0.0228. The number of alkyl halides is 3. The number of halogens is 3. The van der Waals surface area contributed by atoms with Crippen LogP contribution < -0.4 is 16.0 Å². The Morgan fingerprint density at radius 1 is 1.30 bits per heavy atom. The van der Waals surface area contributed by atoms with E-state index in [2.05, 4.69) is 16.0 Å². The maximum atomic E-state index is 13.2. The van der Waals surface area contributed by atoms with Crippen LogP contribution in [0.3, 0.4) is 0 Å². The number of urea groups is 1. The molecule has 0 bridgehead atoms. The highest BCUT2D eigenvalue weighted by Crippen LogP contribution is 2.36. The van der Waals surface area contributed by atoms with Gasteiger partial charge < -0.3 is 16.0 Å². The first-order valence-corrected chi connectivity index (χ1v) is 7.83. The van der Waals surface area contributed by atoms with E-state index in [9.17, 15) is 18.0 Å². The number of carbonyl (C=O) groups is 1. The Morgan fingerprint density at radius 2 is 2.04 bits per heavy atom. The lowest BCUT2D eigenvalue weighted by molar-refractivity contribution is -0.151. The molecule has 0 spiro atoms. The van der Waals surface area contributed by atoms with Gasteiger partial charge in [-0.3, -0.25) is 0 Å². The summed E-state index contributed by atoms with van der Waals surface area (Å²) in [5.41, 5.74) is 0.221. The molecule has 0 aromatic heterocycles. The van der Waals surface area contributed by atoms with Gasteiger partial charge in [0.15, 0.2) is 0 Å². The molecule has 0 saturated carbocycles. The summed E-state index contributed by atoms with van der Waals surface area (Å²) in [5, 5.41) is 8.47. The van der Waals surface area contributed by atoms with Gasteiger partial charge in [-0.25, -0.2) is 4.79 Å². The zero-order chi connectivity index (χ0) is 16.7. The van der Waals surface area contributed by atoms with Gasteiger partial charge in [0.25, 0.3) is 0 Å². The second kappa shape index (κ2) is 8.19. The third kappa shape index (κ3) is 5.74. The standard InChI is InChI=1S/C16H22F3N3O/c17-16(18,19)14(12-5-2-1-3-6-12)8-10-21-15(23)22-13-7-4-9-20-11-13/h1-3,5-6,13-14,20H,4,7-11H2,(H2,21,22,23)/t13-,14?/m1/s1. The highest BCUT2D eigenvalue weighted by atomic mass is 19.4. The van der Waals surface area contributed by atoms with Crippen LogP contribution in [0, 0.1) is 0 Å². The fourth-order valence-electron chi connectivity index (χ4n) is 2.75. The second-order valence-electron chi connectivity index (χ2n) is 5.74. The maximum Gasteiger partial charge on any atom is 0.395 e. The lowest BCUT2D eigenvalue weighted by Crippen LogP contribution is -2.49. The fourth-order valence-corrected chi connectivity index (χ4v) is 2.75. The second-order valence-corrected chi connectivity index (χ2v) is 5.74. The average Bonchev–Trinajstić information content (AvgIpc) is 2.52. The number of hydrogen-bond acceptors (Lipinski definition) is 2. The van der Waals surface area contributed by atoms with Crippen LogP contribution >= 0.6 is 0 Å². The Morgan fingerprint density at radius 3 is 2.65 bits per heavy atom. The number of piperidine rings is 1. The van der Waals surface area contributed by atoms with Crippen molar-refractivity contribution in [2.75, 3.05) is 19.6 Å². The van der Waals surface area contributed by atoms with Gasteiger partial charge in [0, 0.05) is 19.1 Å². The largest absolute Gasteiger partial charge is 0.395 e. The SMILES string of the molecule is O=C(NCCC(c1ccccc1)C(F)(F)F)N[C@@H]1CCCNC1. The van der Waals surface area contributed by atoms with E-state index in [0.29, 0.717) is 6.54 Å². The molecule has 2 amide bonds. The third-order valence-electron chi connectivity index (χ3n) is 3.95. The van der Waals surface area contributed by atoms with E-state index in [1.165, 1.54) is 12.1 Å². The molecule has 1 aliphatic heterocycles. The predicted molar refractivity (Wildman–Crippen MR) is 82.3 cm³/mol. The van der Waals surface area contributed by atoms with Gasteiger partial charge in [0.2, 0.25) is 0 Å². The minimum atomic E-state index is -4.33. The predicted octanol–water partition coefficient (Wildman–Crippen LogP) is 2.77. The van der Waals surface area contributed by atoms with Crippen molar-refractivity contribution in [3.63, 3.8) is 0 Å². The zero-order valence-corrected chi connectivity index (χ0v) is 12.8. The lowest BCUT2D eigenvalue weighted by Gasteiger charge is -2.24. The molecule has 1 saturated heterocycles. The van der Waals surface area contributed by atoms with Gasteiger partial charge in [-0.2, -0.15) is 13.2 Å². The molecule has 2 atom stereocenters. The molecule has 0 aliphatic carbocycles. The molecule has 1 unspecified atom stereocenters.